The molecule has 1 heterocycles. The zero-order valence-corrected chi connectivity index (χ0v) is 10.5. The molecule has 2 aromatic carbocycles. The number of halogens is 1. The summed E-state index contributed by atoms with van der Waals surface area (Å²) in [6.07, 6.45) is 1.67. The van der Waals surface area contributed by atoms with E-state index in [2.05, 4.69) is 0 Å². The Morgan fingerprint density at radius 3 is 2.79 bits per heavy atom. The summed E-state index contributed by atoms with van der Waals surface area (Å²) < 4.78 is 24.4. The van der Waals surface area contributed by atoms with Crippen LogP contribution in [0.25, 0.3) is 11.0 Å². The van der Waals surface area contributed by atoms with Gasteiger partial charge in [0.2, 0.25) is 0 Å². The second kappa shape index (κ2) is 4.76. The van der Waals surface area contributed by atoms with E-state index >= 15 is 0 Å². The number of rotatable bonds is 3. The lowest BCUT2D eigenvalue weighted by Gasteiger charge is -2.06. The predicted octanol–water partition coefficient (Wildman–Crippen LogP) is 4.46. The molecule has 0 bridgehead atoms. The number of benzene rings is 2. The van der Waals surface area contributed by atoms with E-state index in [1.807, 2.05) is 25.1 Å². The molecular weight excluding hydrogens is 243 g/mol. The van der Waals surface area contributed by atoms with Gasteiger partial charge in [0, 0.05) is 10.9 Å². The monoisotopic (exact) mass is 256 g/mol. The molecule has 0 aliphatic heterocycles. The molecule has 0 aliphatic rings. The molecule has 0 radical (unpaired) electrons. The van der Waals surface area contributed by atoms with Crippen molar-refractivity contribution >= 4 is 11.0 Å². The van der Waals surface area contributed by atoms with Gasteiger partial charge >= 0.3 is 0 Å². The molecule has 3 rings (SSSR count). The minimum absolute atomic E-state index is 0.255. The number of aryl methyl sites for hydroxylation is 1. The molecular formula is C16H13FO2. The minimum Gasteiger partial charge on any atom is -0.486 e. The highest BCUT2D eigenvalue weighted by Gasteiger charge is 2.09. The van der Waals surface area contributed by atoms with Gasteiger partial charge in [0.1, 0.15) is 12.2 Å². The molecule has 3 heteroatoms. The average molecular weight is 256 g/mol. The first-order valence-corrected chi connectivity index (χ1v) is 6.09. The van der Waals surface area contributed by atoms with Crippen molar-refractivity contribution in [2.45, 2.75) is 13.5 Å². The van der Waals surface area contributed by atoms with Crippen molar-refractivity contribution in [2.24, 2.45) is 0 Å². The molecule has 0 N–H and O–H groups in total. The molecule has 96 valence electrons. The summed E-state index contributed by atoms with van der Waals surface area (Å²) in [5.41, 5.74) is 2.88. The van der Waals surface area contributed by atoms with E-state index in [9.17, 15) is 4.39 Å². The van der Waals surface area contributed by atoms with Crippen LogP contribution in [0.3, 0.4) is 0 Å². The van der Waals surface area contributed by atoms with Crippen molar-refractivity contribution in [2.75, 3.05) is 0 Å². The van der Waals surface area contributed by atoms with E-state index < -0.39 is 0 Å². The van der Waals surface area contributed by atoms with Gasteiger partial charge in [-0.05, 0) is 30.7 Å². The van der Waals surface area contributed by atoms with E-state index in [-0.39, 0.29) is 11.6 Å². The number of furan rings is 1. The largest absolute Gasteiger partial charge is 0.486 e. The van der Waals surface area contributed by atoms with E-state index in [0.29, 0.717) is 6.61 Å². The highest BCUT2D eigenvalue weighted by Crippen LogP contribution is 2.26. The highest BCUT2D eigenvalue weighted by molar-refractivity contribution is 5.84. The molecule has 0 atom stereocenters. The van der Waals surface area contributed by atoms with Gasteiger partial charge < -0.3 is 9.15 Å². The predicted molar refractivity (Wildman–Crippen MR) is 71.7 cm³/mol. The molecule has 19 heavy (non-hydrogen) atoms. The molecule has 0 unspecified atom stereocenters. The van der Waals surface area contributed by atoms with Crippen LogP contribution < -0.4 is 4.74 Å². The summed E-state index contributed by atoms with van der Waals surface area (Å²) in [7, 11) is 0. The molecule has 0 amide bonds. The molecule has 0 spiro atoms. The summed E-state index contributed by atoms with van der Waals surface area (Å²) in [6.45, 7) is 2.31. The van der Waals surface area contributed by atoms with Gasteiger partial charge in [-0.2, -0.15) is 0 Å². The van der Waals surface area contributed by atoms with E-state index in [4.69, 9.17) is 9.15 Å². The summed E-state index contributed by atoms with van der Waals surface area (Å²) in [5, 5.41) is 1.04. The molecule has 0 aliphatic carbocycles. The first-order valence-electron chi connectivity index (χ1n) is 6.09. The smallest absolute Gasteiger partial charge is 0.165 e. The van der Waals surface area contributed by atoms with Crippen molar-refractivity contribution in [3.05, 3.63) is 65.7 Å². The Labute approximate surface area is 110 Å². The summed E-state index contributed by atoms with van der Waals surface area (Å²) in [6, 6.07) is 12.3. The molecule has 3 aromatic rings. The Bertz CT molecular complexity index is 716. The Morgan fingerprint density at radius 2 is 1.95 bits per heavy atom. The standard InChI is InChI=1S/C16H13FO2/c1-11-5-4-8-15-16(11)12(10-19-15)9-18-14-7-3-2-6-13(14)17/h2-8,10H,9H2,1H3. The van der Waals surface area contributed by atoms with Crippen LogP contribution in [0.1, 0.15) is 11.1 Å². The van der Waals surface area contributed by atoms with Gasteiger partial charge in [0.15, 0.2) is 11.6 Å². The number of fused-ring (bicyclic) bond motifs is 1. The van der Waals surface area contributed by atoms with Crippen molar-refractivity contribution in [1.82, 2.24) is 0 Å². The highest BCUT2D eigenvalue weighted by atomic mass is 19.1. The SMILES string of the molecule is Cc1cccc2occ(COc3ccccc3F)c12. The zero-order chi connectivity index (χ0) is 13.2. The third kappa shape index (κ3) is 2.19. The first-order chi connectivity index (χ1) is 9.25. The van der Waals surface area contributed by atoms with Gasteiger partial charge in [-0.25, -0.2) is 4.39 Å². The van der Waals surface area contributed by atoms with Crippen LogP contribution in [0.15, 0.2) is 53.1 Å². The quantitative estimate of drug-likeness (QED) is 0.690. The Balaban J connectivity index is 1.89. The average Bonchev–Trinajstić information content (AvgIpc) is 2.83. The zero-order valence-electron chi connectivity index (χ0n) is 10.5. The number of hydrogen-bond donors (Lipinski definition) is 0. The van der Waals surface area contributed by atoms with Crippen LogP contribution in [-0.2, 0) is 6.61 Å². The number of hydrogen-bond acceptors (Lipinski definition) is 2. The van der Waals surface area contributed by atoms with Gasteiger partial charge in [-0.1, -0.05) is 24.3 Å². The maximum Gasteiger partial charge on any atom is 0.165 e. The lowest BCUT2D eigenvalue weighted by Crippen LogP contribution is -1.96. The summed E-state index contributed by atoms with van der Waals surface area (Å²) in [5.74, 6) is -0.0996. The minimum atomic E-state index is -0.355. The lowest BCUT2D eigenvalue weighted by molar-refractivity contribution is 0.290. The van der Waals surface area contributed by atoms with E-state index in [1.165, 1.54) is 6.07 Å². The fraction of sp³-hybridized carbons (Fsp3) is 0.125. The third-order valence-corrected chi connectivity index (χ3v) is 3.10. The van der Waals surface area contributed by atoms with Crippen molar-refractivity contribution < 1.29 is 13.5 Å². The maximum atomic E-state index is 13.5. The van der Waals surface area contributed by atoms with Crippen molar-refractivity contribution in [3.63, 3.8) is 0 Å². The molecule has 0 saturated carbocycles. The number of para-hydroxylation sites is 1. The second-order valence-electron chi connectivity index (χ2n) is 4.43. The van der Waals surface area contributed by atoms with E-state index in [0.717, 1.165) is 22.1 Å². The summed E-state index contributed by atoms with van der Waals surface area (Å²) in [4.78, 5) is 0. The lowest BCUT2D eigenvalue weighted by atomic mass is 10.1. The molecule has 0 fully saturated rings. The van der Waals surface area contributed by atoms with Gasteiger partial charge in [0.25, 0.3) is 0 Å². The molecule has 0 saturated heterocycles. The van der Waals surface area contributed by atoms with Gasteiger partial charge in [-0.15, -0.1) is 0 Å². The van der Waals surface area contributed by atoms with Gasteiger partial charge in [-0.3, -0.25) is 0 Å². The molecule has 2 nitrogen and oxygen atoms in total. The fourth-order valence-corrected chi connectivity index (χ4v) is 2.17. The Kier molecular flexibility index (Phi) is 2.95. The van der Waals surface area contributed by atoms with E-state index in [1.54, 1.807) is 24.5 Å². The molecule has 1 aromatic heterocycles. The van der Waals surface area contributed by atoms with Crippen molar-refractivity contribution in [1.29, 1.82) is 0 Å². The summed E-state index contributed by atoms with van der Waals surface area (Å²) >= 11 is 0. The van der Waals surface area contributed by atoms with Crippen molar-refractivity contribution in [3.8, 4) is 5.75 Å². The van der Waals surface area contributed by atoms with Gasteiger partial charge in [0.05, 0.1) is 6.26 Å². The number of ether oxygens (including phenoxy) is 1. The van der Waals surface area contributed by atoms with Crippen LogP contribution in [0.4, 0.5) is 4.39 Å². The normalized spacial score (nSPS) is 10.8. The topological polar surface area (TPSA) is 22.4 Å². The van der Waals surface area contributed by atoms with Crippen LogP contribution in [0.5, 0.6) is 5.75 Å². The maximum absolute atomic E-state index is 13.5. The Morgan fingerprint density at radius 1 is 1.11 bits per heavy atom. The second-order valence-corrected chi connectivity index (χ2v) is 4.43. The first kappa shape index (κ1) is 11.8. The Hall–Kier alpha value is -2.29. The van der Waals surface area contributed by atoms with Crippen LogP contribution in [0, 0.1) is 12.7 Å². The van der Waals surface area contributed by atoms with Crippen LogP contribution >= 0.6 is 0 Å². The van der Waals surface area contributed by atoms with Crippen LogP contribution in [-0.4, -0.2) is 0 Å². The van der Waals surface area contributed by atoms with Crippen LogP contribution in [0.2, 0.25) is 0 Å². The third-order valence-electron chi connectivity index (χ3n) is 3.10. The fourth-order valence-electron chi connectivity index (χ4n) is 2.17.